The van der Waals surface area contributed by atoms with Gasteiger partial charge in [0.15, 0.2) is 0 Å². The number of ether oxygens (including phenoxy) is 1. The Bertz CT molecular complexity index is 1050. The lowest BCUT2D eigenvalue weighted by atomic mass is 10.1. The van der Waals surface area contributed by atoms with Crippen molar-refractivity contribution in [2.24, 2.45) is 5.10 Å². The molecule has 0 aliphatic carbocycles. The summed E-state index contributed by atoms with van der Waals surface area (Å²) in [5.74, 6) is 0.835. The molecule has 0 fully saturated rings. The maximum absolute atomic E-state index is 5.19. The summed E-state index contributed by atoms with van der Waals surface area (Å²) in [5.41, 5.74) is 6.06. The molecule has 0 atom stereocenters. The Morgan fingerprint density at radius 1 is 1.00 bits per heavy atom. The van der Waals surface area contributed by atoms with Gasteiger partial charge in [-0.3, -0.25) is 5.43 Å². The van der Waals surface area contributed by atoms with Crippen molar-refractivity contribution in [1.82, 2.24) is 4.98 Å². The van der Waals surface area contributed by atoms with Gasteiger partial charge in [-0.15, -0.1) is 11.3 Å². The lowest BCUT2D eigenvalue weighted by Crippen LogP contribution is -1.91. The molecule has 0 saturated heterocycles. The van der Waals surface area contributed by atoms with Crippen LogP contribution in [0.2, 0.25) is 0 Å². The van der Waals surface area contributed by atoms with Crippen LogP contribution in [0.5, 0.6) is 5.75 Å². The van der Waals surface area contributed by atoms with Crippen LogP contribution in [0.3, 0.4) is 0 Å². The molecule has 1 aromatic heterocycles. The number of nitrogens with one attached hydrogen (secondary N) is 1. The SMILES string of the molecule is COc1ccc(-c2csc(N/N=C/c3cccc4ccccc34)n2)cc1. The fraction of sp³-hybridized carbons (Fsp3) is 0.0476. The summed E-state index contributed by atoms with van der Waals surface area (Å²) in [6.45, 7) is 0. The number of hydrazone groups is 1. The molecule has 0 spiro atoms. The van der Waals surface area contributed by atoms with E-state index >= 15 is 0 Å². The number of fused-ring (bicyclic) bond motifs is 1. The van der Waals surface area contributed by atoms with Gasteiger partial charge in [-0.1, -0.05) is 42.5 Å². The Labute approximate surface area is 155 Å². The zero-order valence-electron chi connectivity index (χ0n) is 14.2. The van der Waals surface area contributed by atoms with Gasteiger partial charge in [0, 0.05) is 16.5 Å². The molecule has 4 rings (SSSR count). The van der Waals surface area contributed by atoms with Crippen LogP contribution in [-0.4, -0.2) is 18.3 Å². The van der Waals surface area contributed by atoms with Gasteiger partial charge in [-0.2, -0.15) is 5.10 Å². The molecule has 0 unspecified atom stereocenters. The number of anilines is 1. The Hall–Kier alpha value is -3.18. The average Bonchev–Trinajstić information content (AvgIpc) is 3.17. The normalized spacial score (nSPS) is 11.1. The van der Waals surface area contributed by atoms with Gasteiger partial charge < -0.3 is 4.74 Å². The molecule has 0 saturated carbocycles. The smallest absolute Gasteiger partial charge is 0.203 e. The summed E-state index contributed by atoms with van der Waals surface area (Å²) < 4.78 is 5.19. The molecule has 0 aliphatic rings. The molecule has 0 radical (unpaired) electrons. The number of methoxy groups -OCH3 is 1. The zero-order valence-corrected chi connectivity index (χ0v) is 15.0. The standard InChI is InChI=1S/C21H17N3OS/c1-25-18-11-9-16(10-12-18)20-14-26-21(23-20)24-22-13-17-7-4-6-15-5-2-3-8-19(15)17/h2-14H,1H3,(H,23,24)/b22-13+. The second-order valence-corrected chi connectivity index (χ2v) is 6.56. The van der Waals surface area contributed by atoms with Crippen molar-refractivity contribution in [2.75, 3.05) is 12.5 Å². The summed E-state index contributed by atoms with van der Waals surface area (Å²) in [7, 11) is 1.66. The summed E-state index contributed by atoms with van der Waals surface area (Å²) in [4.78, 5) is 4.58. The number of hydrogen-bond acceptors (Lipinski definition) is 5. The third-order valence-electron chi connectivity index (χ3n) is 4.08. The molecule has 0 aliphatic heterocycles. The molecule has 3 aromatic carbocycles. The fourth-order valence-electron chi connectivity index (χ4n) is 2.74. The first kappa shape index (κ1) is 16.3. The largest absolute Gasteiger partial charge is 0.497 e. The summed E-state index contributed by atoms with van der Waals surface area (Å²) in [6, 6.07) is 22.3. The molecular weight excluding hydrogens is 342 g/mol. The van der Waals surface area contributed by atoms with E-state index in [0.717, 1.165) is 27.7 Å². The Morgan fingerprint density at radius 2 is 1.81 bits per heavy atom. The highest BCUT2D eigenvalue weighted by atomic mass is 32.1. The summed E-state index contributed by atoms with van der Waals surface area (Å²) >= 11 is 1.53. The predicted molar refractivity (Wildman–Crippen MR) is 109 cm³/mol. The minimum Gasteiger partial charge on any atom is -0.497 e. The molecule has 0 bridgehead atoms. The average molecular weight is 359 g/mol. The second kappa shape index (κ2) is 7.37. The number of thiazole rings is 1. The topological polar surface area (TPSA) is 46.5 Å². The maximum atomic E-state index is 5.19. The van der Waals surface area contributed by atoms with Crippen molar-refractivity contribution in [3.8, 4) is 17.0 Å². The summed E-state index contributed by atoms with van der Waals surface area (Å²) in [6.07, 6.45) is 1.83. The minimum absolute atomic E-state index is 0.757. The molecule has 128 valence electrons. The lowest BCUT2D eigenvalue weighted by molar-refractivity contribution is 0.415. The quantitative estimate of drug-likeness (QED) is 0.382. The van der Waals surface area contributed by atoms with Gasteiger partial charge in [-0.05, 0) is 35.0 Å². The van der Waals surface area contributed by atoms with Crippen LogP contribution in [0.25, 0.3) is 22.0 Å². The molecule has 4 nitrogen and oxygen atoms in total. The molecule has 5 heteroatoms. The van der Waals surface area contributed by atoms with Crippen molar-refractivity contribution in [2.45, 2.75) is 0 Å². The molecule has 1 heterocycles. The Morgan fingerprint density at radius 3 is 2.65 bits per heavy atom. The van der Waals surface area contributed by atoms with Crippen LogP contribution >= 0.6 is 11.3 Å². The number of hydrogen-bond donors (Lipinski definition) is 1. The first-order valence-corrected chi connectivity index (χ1v) is 9.08. The van der Waals surface area contributed by atoms with E-state index in [9.17, 15) is 0 Å². The predicted octanol–water partition coefficient (Wildman–Crippen LogP) is 5.42. The van der Waals surface area contributed by atoms with Gasteiger partial charge in [0.05, 0.1) is 19.0 Å². The highest BCUT2D eigenvalue weighted by Gasteiger charge is 2.04. The van der Waals surface area contributed by atoms with E-state index in [1.165, 1.54) is 22.1 Å². The van der Waals surface area contributed by atoms with Crippen LogP contribution in [0, 0.1) is 0 Å². The van der Waals surface area contributed by atoms with Crippen LogP contribution in [0.4, 0.5) is 5.13 Å². The van der Waals surface area contributed by atoms with Crippen molar-refractivity contribution in [1.29, 1.82) is 0 Å². The number of nitrogens with zero attached hydrogens (tertiary/aromatic N) is 2. The van der Waals surface area contributed by atoms with Gasteiger partial charge in [0.2, 0.25) is 5.13 Å². The van der Waals surface area contributed by atoms with Gasteiger partial charge >= 0.3 is 0 Å². The van der Waals surface area contributed by atoms with E-state index in [2.05, 4.69) is 39.8 Å². The van der Waals surface area contributed by atoms with Crippen molar-refractivity contribution in [3.63, 3.8) is 0 Å². The molecule has 26 heavy (non-hydrogen) atoms. The number of rotatable bonds is 5. The highest BCUT2D eigenvalue weighted by molar-refractivity contribution is 7.14. The monoisotopic (exact) mass is 359 g/mol. The van der Waals surface area contributed by atoms with E-state index < -0.39 is 0 Å². The molecule has 1 N–H and O–H groups in total. The van der Waals surface area contributed by atoms with E-state index in [-0.39, 0.29) is 0 Å². The number of aromatic nitrogens is 1. The Kier molecular flexibility index (Phi) is 4.62. The van der Waals surface area contributed by atoms with Gasteiger partial charge in [0.1, 0.15) is 5.75 Å². The third-order valence-corrected chi connectivity index (χ3v) is 4.82. The van der Waals surface area contributed by atoms with Gasteiger partial charge in [-0.25, -0.2) is 4.98 Å². The van der Waals surface area contributed by atoms with E-state index in [4.69, 9.17) is 4.74 Å². The first-order chi connectivity index (χ1) is 12.8. The van der Waals surface area contributed by atoms with Crippen LogP contribution < -0.4 is 10.2 Å². The fourth-order valence-corrected chi connectivity index (χ4v) is 3.41. The lowest BCUT2D eigenvalue weighted by Gasteiger charge is -2.01. The third kappa shape index (κ3) is 3.43. The van der Waals surface area contributed by atoms with Crippen molar-refractivity contribution in [3.05, 3.63) is 77.7 Å². The van der Waals surface area contributed by atoms with Crippen LogP contribution in [0.15, 0.2) is 77.2 Å². The van der Waals surface area contributed by atoms with E-state index in [0.29, 0.717) is 0 Å². The van der Waals surface area contributed by atoms with Crippen molar-refractivity contribution < 1.29 is 4.74 Å². The molecule has 4 aromatic rings. The van der Waals surface area contributed by atoms with Crippen LogP contribution in [-0.2, 0) is 0 Å². The van der Waals surface area contributed by atoms with Gasteiger partial charge in [0.25, 0.3) is 0 Å². The first-order valence-electron chi connectivity index (χ1n) is 8.20. The molecule has 0 amide bonds. The van der Waals surface area contributed by atoms with E-state index in [1.54, 1.807) is 7.11 Å². The highest BCUT2D eigenvalue weighted by Crippen LogP contribution is 2.26. The second-order valence-electron chi connectivity index (χ2n) is 5.70. The Balaban J connectivity index is 1.49. The minimum atomic E-state index is 0.757. The number of benzene rings is 3. The van der Waals surface area contributed by atoms with Crippen molar-refractivity contribution >= 4 is 33.5 Å². The summed E-state index contributed by atoms with van der Waals surface area (Å²) in [5, 5.41) is 9.50. The van der Waals surface area contributed by atoms with E-state index in [1.807, 2.05) is 54.1 Å². The van der Waals surface area contributed by atoms with Crippen LogP contribution in [0.1, 0.15) is 5.56 Å². The zero-order chi connectivity index (χ0) is 17.8. The molecular formula is C21H17N3OS. The maximum Gasteiger partial charge on any atom is 0.203 e.